The Labute approximate surface area is 191 Å². The van der Waals surface area contributed by atoms with Crippen LogP contribution in [0.5, 0.6) is 0 Å². The van der Waals surface area contributed by atoms with Crippen LogP contribution in [0.4, 0.5) is 0 Å². The zero-order valence-electron chi connectivity index (χ0n) is 20.5. The summed E-state index contributed by atoms with van der Waals surface area (Å²) >= 11 is 0. The topological polar surface area (TPSA) is 102 Å². The lowest BCUT2D eigenvalue weighted by Gasteiger charge is -2.24. The first-order valence-electron chi connectivity index (χ1n) is 12.1. The Morgan fingerprint density at radius 2 is 1.45 bits per heavy atom. The number of quaternary nitrogens is 1. The fourth-order valence-electron chi connectivity index (χ4n) is 3.05. The van der Waals surface area contributed by atoms with Crippen LogP contribution in [0.3, 0.4) is 0 Å². The molecule has 0 heterocycles. The molecule has 0 amide bonds. The molecule has 3 atom stereocenters. The summed E-state index contributed by atoms with van der Waals surface area (Å²) < 4.78 is 22.3. The molecule has 0 aliphatic heterocycles. The highest BCUT2D eigenvalue weighted by Crippen LogP contribution is 2.43. The number of rotatable bonds is 21. The molecule has 0 aliphatic rings. The largest absolute Gasteiger partial charge is 0.472 e. The summed E-state index contributed by atoms with van der Waals surface area (Å²) in [6.07, 6.45) is 17.9. The molecule has 0 bridgehead atoms. The second kappa shape index (κ2) is 18.2. The molecule has 0 spiro atoms. The predicted octanol–water partition coefficient (Wildman–Crippen LogP) is 4.77. The minimum atomic E-state index is -4.16. The van der Waals surface area contributed by atoms with E-state index in [-0.39, 0.29) is 13.2 Å². The van der Waals surface area contributed by atoms with Crippen LogP contribution >= 0.6 is 7.82 Å². The number of unbranched alkanes of at least 4 members (excludes halogenated alkanes) is 11. The van der Waals surface area contributed by atoms with E-state index in [9.17, 15) is 14.6 Å². The van der Waals surface area contributed by atoms with Gasteiger partial charge >= 0.3 is 7.82 Å². The Balaban J connectivity index is 3.74. The molecule has 0 aromatic carbocycles. The van der Waals surface area contributed by atoms with E-state index in [2.05, 4.69) is 6.92 Å². The predicted molar refractivity (Wildman–Crippen MR) is 129 cm³/mol. The Kier molecular flexibility index (Phi) is 18.0. The van der Waals surface area contributed by atoms with Crippen molar-refractivity contribution in [2.45, 2.75) is 96.1 Å². The van der Waals surface area contributed by atoms with Crippen LogP contribution in [0.15, 0.2) is 12.2 Å². The molecule has 0 saturated heterocycles. The van der Waals surface area contributed by atoms with Gasteiger partial charge < -0.3 is 20.2 Å². The first-order valence-corrected chi connectivity index (χ1v) is 13.6. The zero-order valence-corrected chi connectivity index (χ0v) is 21.4. The molecule has 186 valence electrons. The maximum Gasteiger partial charge on any atom is 0.472 e. The number of phosphoric acid groups is 1. The van der Waals surface area contributed by atoms with Gasteiger partial charge in [0.25, 0.3) is 0 Å². The van der Waals surface area contributed by atoms with E-state index in [1.807, 2.05) is 27.2 Å². The molecule has 7 nitrogen and oxygen atoms in total. The summed E-state index contributed by atoms with van der Waals surface area (Å²) in [6.45, 7) is 2.68. The van der Waals surface area contributed by atoms with Crippen LogP contribution in [0.1, 0.15) is 84.0 Å². The Morgan fingerprint density at radius 1 is 0.935 bits per heavy atom. The number of phosphoric ester groups is 1. The quantitative estimate of drug-likeness (QED) is 0.0977. The number of hydrogen-bond donors (Lipinski definition) is 3. The molecule has 4 N–H and O–H groups in total. The second-order valence-electron chi connectivity index (χ2n) is 9.52. The van der Waals surface area contributed by atoms with Crippen molar-refractivity contribution in [2.24, 2.45) is 5.73 Å². The van der Waals surface area contributed by atoms with Crippen LogP contribution in [-0.4, -0.2) is 67.5 Å². The summed E-state index contributed by atoms with van der Waals surface area (Å²) in [6, 6.07) is -0.781. The number of hydrogen-bond acceptors (Lipinski definition) is 5. The van der Waals surface area contributed by atoms with E-state index in [4.69, 9.17) is 14.8 Å². The first kappa shape index (κ1) is 30.7. The van der Waals surface area contributed by atoms with Crippen LogP contribution in [0.25, 0.3) is 0 Å². The van der Waals surface area contributed by atoms with Crippen molar-refractivity contribution in [1.82, 2.24) is 0 Å². The molecule has 0 aliphatic carbocycles. The van der Waals surface area contributed by atoms with Crippen LogP contribution in [0, 0.1) is 0 Å². The number of allylic oxidation sites excluding steroid dienone is 1. The Hall–Kier alpha value is -0.270. The maximum atomic E-state index is 11.9. The van der Waals surface area contributed by atoms with Crippen molar-refractivity contribution in [3.05, 3.63) is 12.2 Å². The molecule has 8 heteroatoms. The van der Waals surface area contributed by atoms with Gasteiger partial charge in [0.2, 0.25) is 0 Å². The number of aliphatic hydroxyl groups is 1. The van der Waals surface area contributed by atoms with Gasteiger partial charge in [0.1, 0.15) is 13.2 Å². The molecule has 0 fully saturated rings. The third-order valence-corrected chi connectivity index (χ3v) is 6.18. The van der Waals surface area contributed by atoms with Gasteiger partial charge in [0.05, 0.1) is 39.9 Å². The summed E-state index contributed by atoms with van der Waals surface area (Å²) in [7, 11) is 1.72. The normalized spacial score (nSPS) is 16.5. The van der Waals surface area contributed by atoms with Gasteiger partial charge in [-0.15, -0.1) is 0 Å². The summed E-state index contributed by atoms with van der Waals surface area (Å²) in [5.74, 6) is 0. The Morgan fingerprint density at radius 3 is 1.97 bits per heavy atom. The van der Waals surface area contributed by atoms with Gasteiger partial charge in [0.15, 0.2) is 0 Å². The van der Waals surface area contributed by atoms with Crippen molar-refractivity contribution in [2.75, 3.05) is 40.9 Å². The summed E-state index contributed by atoms with van der Waals surface area (Å²) in [5, 5.41) is 10.1. The number of nitrogens with zero attached hydrogens (tertiary/aromatic N) is 1. The van der Waals surface area contributed by atoms with Crippen LogP contribution < -0.4 is 5.73 Å². The highest BCUT2D eigenvalue weighted by atomic mass is 31.2. The van der Waals surface area contributed by atoms with E-state index in [1.54, 1.807) is 6.08 Å². The fourth-order valence-corrected chi connectivity index (χ4v) is 3.80. The lowest BCUT2D eigenvalue weighted by Crippen LogP contribution is -2.38. The smallest absolute Gasteiger partial charge is 0.387 e. The molecule has 2 unspecified atom stereocenters. The molecule has 0 aromatic rings. The van der Waals surface area contributed by atoms with Crippen molar-refractivity contribution in [3.8, 4) is 0 Å². The first-order chi connectivity index (χ1) is 14.6. The lowest BCUT2D eigenvalue weighted by atomic mass is 10.0. The van der Waals surface area contributed by atoms with Crippen molar-refractivity contribution < 1.29 is 28.1 Å². The zero-order chi connectivity index (χ0) is 23.6. The van der Waals surface area contributed by atoms with Crippen LogP contribution in [0.2, 0.25) is 0 Å². The van der Waals surface area contributed by atoms with Crippen molar-refractivity contribution >= 4 is 7.82 Å². The van der Waals surface area contributed by atoms with Crippen molar-refractivity contribution in [1.29, 1.82) is 0 Å². The summed E-state index contributed by atoms with van der Waals surface area (Å²) in [4.78, 5) is 9.69. The minimum Gasteiger partial charge on any atom is -0.387 e. The van der Waals surface area contributed by atoms with Gasteiger partial charge in [0, 0.05) is 0 Å². The van der Waals surface area contributed by atoms with Gasteiger partial charge in [-0.2, -0.15) is 0 Å². The number of aliphatic hydroxyl groups excluding tert-OH is 1. The SMILES string of the molecule is CCCCCCCCCCCCC/C=C/C(O)[C@@H](N)COP(=O)(O)OCC[N+](C)(C)C. The number of likely N-dealkylation sites (N-methyl/N-ethyl adjacent to an activating group) is 1. The van der Waals surface area contributed by atoms with Gasteiger partial charge in [-0.05, 0) is 12.8 Å². The lowest BCUT2D eigenvalue weighted by molar-refractivity contribution is -0.870. The summed E-state index contributed by atoms with van der Waals surface area (Å²) in [5.41, 5.74) is 5.85. The minimum absolute atomic E-state index is 0.105. The van der Waals surface area contributed by atoms with E-state index in [0.717, 1.165) is 12.8 Å². The second-order valence-corrected chi connectivity index (χ2v) is 11.0. The average molecular weight is 466 g/mol. The van der Waals surface area contributed by atoms with Gasteiger partial charge in [-0.3, -0.25) is 9.05 Å². The highest BCUT2D eigenvalue weighted by molar-refractivity contribution is 7.47. The molecule has 31 heavy (non-hydrogen) atoms. The average Bonchev–Trinajstić information content (AvgIpc) is 2.68. The third kappa shape index (κ3) is 21.3. The standard InChI is InChI=1S/C23H49N2O5P/c1-5-6-7-8-9-10-11-12-13-14-15-16-17-18-23(26)22(24)21-30-31(27,28)29-20-19-25(2,3)4/h17-18,22-23,26H,5-16,19-21,24H2,1-4H3/p+1/b18-17+/t22-,23?/m0/s1. The van der Waals surface area contributed by atoms with E-state index in [1.165, 1.54) is 64.2 Å². The van der Waals surface area contributed by atoms with E-state index < -0.39 is 20.0 Å². The molecule has 0 aromatic heterocycles. The van der Waals surface area contributed by atoms with Gasteiger partial charge in [-0.25, -0.2) is 4.57 Å². The molecular weight excluding hydrogens is 415 g/mol. The molecule has 0 saturated carbocycles. The number of nitrogens with two attached hydrogens (primary N) is 1. The molecular formula is C23H50N2O5P+. The fraction of sp³-hybridized carbons (Fsp3) is 0.913. The van der Waals surface area contributed by atoms with Crippen molar-refractivity contribution in [3.63, 3.8) is 0 Å². The maximum absolute atomic E-state index is 11.9. The van der Waals surface area contributed by atoms with E-state index >= 15 is 0 Å². The van der Waals surface area contributed by atoms with Crippen LogP contribution in [-0.2, 0) is 13.6 Å². The third-order valence-electron chi connectivity index (χ3n) is 5.19. The Bertz CT molecular complexity index is 497. The highest BCUT2D eigenvalue weighted by Gasteiger charge is 2.25. The van der Waals surface area contributed by atoms with Gasteiger partial charge in [-0.1, -0.05) is 83.3 Å². The van der Waals surface area contributed by atoms with E-state index in [0.29, 0.717) is 11.0 Å². The molecule has 0 rings (SSSR count). The molecule has 0 radical (unpaired) electrons. The monoisotopic (exact) mass is 465 g/mol.